The van der Waals surface area contributed by atoms with Crippen LogP contribution in [0.4, 0.5) is 4.39 Å². The largest absolute Gasteiger partial charge is 0.361 e. The Balaban J connectivity index is 2.10. The fourth-order valence-corrected chi connectivity index (χ4v) is 2.43. The molecule has 25 heavy (non-hydrogen) atoms. The van der Waals surface area contributed by atoms with E-state index in [1.165, 1.54) is 23.1 Å². The molecule has 0 aliphatic heterocycles. The van der Waals surface area contributed by atoms with E-state index in [2.05, 4.69) is 10.5 Å². The molecule has 1 atom stereocenters. The SMILES string of the molecule is Cc1cc(CN(C)C(=O)[C@@H](NC(=O)c2ccccc2F)C(C)C)no1. The van der Waals surface area contributed by atoms with Crippen LogP contribution in [0.15, 0.2) is 34.9 Å². The molecule has 1 N–H and O–H groups in total. The summed E-state index contributed by atoms with van der Waals surface area (Å²) in [6.45, 7) is 5.66. The summed E-state index contributed by atoms with van der Waals surface area (Å²) in [6, 6.07) is 6.64. The summed E-state index contributed by atoms with van der Waals surface area (Å²) >= 11 is 0. The van der Waals surface area contributed by atoms with Crippen LogP contribution in [-0.2, 0) is 11.3 Å². The molecule has 2 rings (SSSR count). The van der Waals surface area contributed by atoms with Gasteiger partial charge in [-0.15, -0.1) is 0 Å². The number of aryl methyl sites for hydroxylation is 1. The summed E-state index contributed by atoms with van der Waals surface area (Å²) in [5.41, 5.74) is 0.534. The van der Waals surface area contributed by atoms with E-state index in [4.69, 9.17) is 4.52 Å². The molecule has 0 aliphatic rings. The predicted octanol–water partition coefficient (Wildman–Crippen LogP) is 2.54. The number of nitrogens with zero attached hydrogens (tertiary/aromatic N) is 2. The number of hydrogen-bond donors (Lipinski definition) is 1. The zero-order chi connectivity index (χ0) is 18.6. The Morgan fingerprint density at radius 3 is 2.56 bits per heavy atom. The minimum Gasteiger partial charge on any atom is -0.361 e. The minimum absolute atomic E-state index is 0.0873. The lowest BCUT2D eigenvalue weighted by Crippen LogP contribution is -2.50. The number of amides is 2. The van der Waals surface area contributed by atoms with Gasteiger partial charge in [0.15, 0.2) is 0 Å². The molecule has 1 aromatic heterocycles. The third-order valence-electron chi connectivity index (χ3n) is 3.79. The maximum Gasteiger partial charge on any atom is 0.254 e. The van der Waals surface area contributed by atoms with Gasteiger partial charge in [-0.1, -0.05) is 31.1 Å². The number of carbonyl (C=O) groups excluding carboxylic acids is 2. The first-order valence-corrected chi connectivity index (χ1v) is 8.02. The molecule has 0 saturated carbocycles. The van der Waals surface area contributed by atoms with Gasteiger partial charge < -0.3 is 14.7 Å². The first-order valence-electron chi connectivity index (χ1n) is 8.02. The molecule has 2 aromatic rings. The lowest BCUT2D eigenvalue weighted by atomic mass is 10.0. The van der Waals surface area contributed by atoms with E-state index >= 15 is 0 Å². The van der Waals surface area contributed by atoms with Crippen LogP contribution in [0.3, 0.4) is 0 Å². The van der Waals surface area contributed by atoms with Gasteiger partial charge >= 0.3 is 0 Å². The summed E-state index contributed by atoms with van der Waals surface area (Å²) in [7, 11) is 1.62. The molecule has 1 heterocycles. The predicted molar refractivity (Wildman–Crippen MR) is 90.2 cm³/mol. The van der Waals surface area contributed by atoms with Crippen molar-refractivity contribution < 1.29 is 18.5 Å². The molecule has 0 unspecified atom stereocenters. The first kappa shape index (κ1) is 18.6. The van der Waals surface area contributed by atoms with Crippen LogP contribution in [0.5, 0.6) is 0 Å². The second-order valence-corrected chi connectivity index (χ2v) is 6.30. The minimum atomic E-state index is -0.773. The molecule has 134 valence electrons. The summed E-state index contributed by atoms with van der Waals surface area (Å²) in [4.78, 5) is 26.5. The zero-order valence-corrected chi connectivity index (χ0v) is 14.7. The highest BCUT2D eigenvalue weighted by atomic mass is 19.1. The molecule has 1 aromatic carbocycles. The van der Waals surface area contributed by atoms with Gasteiger partial charge in [-0.05, 0) is 25.0 Å². The van der Waals surface area contributed by atoms with Gasteiger partial charge in [0.1, 0.15) is 23.3 Å². The van der Waals surface area contributed by atoms with Gasteiger partial charge in [0.25, 0.3) is 5.91 Å². The van der Waals surface area contributed by atoms with Gasteiger partial charge in [0, 0.05) is 13.1 Å². The van der Waals surface area contributed by atoms with Crippen molar-refractivity contribution in [3.05, 3.63) is 53.2 Å². The summed E-state index contributed by atoms with van der Waals surface area (Å²) in [6.07, 6.45) is 0. The maximum absolute atomic E-state index is 13.8. The number of hydrogen-bond acceptors (Lipinski definition) is 4. The van der Waals surface area contributed by atoms with Gasteiger partial charge in [-0.25, -0.2) is 4.39 Å². The first-order chi connectivity index (χ1) is 11.8. The van der Waals surface area contributed by atoms with Crippen molar-refractivity contribution in [3.8, 4) is 0 Å². The van der Waals surface area contributed by atoms with Crippen LogP contribution in [0.25, 0.3) is 0 Å². The molecule has 7 heteroatoms. The second-order valence-electron chi connectivity index (χ2n) is 6.30. The summed E-state index contributed by atoms with van der Waals surface area (Å²) < 4.78 is 18.8. The van der Waals surface area contributed by atoms with Crippen molar-refractivity contribution in [3.63, 3.8) is 0 Å². The highest BCUT2D eigenvalue weighted by Gasteiger charge is 2.28. The number of halogens is 1. The molecular weight excluding hydrogens is 325 g/mol. The molecular formula is C18H22FN3O3. The number of likely N-dealkylation sites (N-methyl/N-ethyl adjacent to an activating group) is 1. The van der Waals surface area contributed by atoms with E-state index in [-0.39, 0.29) is 23.9 Å². The Morgan fingerprint density at radius 1 is 1.32 bits per heavy atom. The van der Waals surface area contributed by atoms with Crippen LogP contribution >= 0.6 is 0 Å². The van der Waals surface area contributed by atoms with Crippen LogP contribution in [0.1, 0.15) is 35.7 Å². The van der Waals surface area contributed by atoms with E-state index in [0.717, 1.165) is 0 Å². The molecule has 0 spiro atoms. The fourth-order valence-electron chi connectivity index (χ4n) is 2.43. The van der Waals surface area contributed by atoms with Crippen LogP contribution in [0.2, 0.25) is 0 Å². The van der Waals surface area contributed by atoms with Gasteiger partial charge in [-0.2, -0.15) is 0 Å². The molecule has 2 amide bonds. The highest BCUT2D eigenvalue weighted by Crippen LogP contribution is 2.12. The van der Waals surface area contributed by atoms with Crippen molar-refractivity contribution in [2.45, 2.75) is 33.4 Å². The molecule has 6 nitrogen and oxygen atoms in total. The average molecular weight is 347 g/mol. The Bertz CT molecular complexity index is 758. The van der Waals surface area contributed by atoms with Gasteiger partial charge in [0.2, 0.25) is 5.91 Å². The third-order valence-corrected chi connectivity index (χ3v) is 3.79. The van der Waals surface area contributed by atoms with E-state index in [0.29, 0.717) is 11.5 Å². The Labute approximate surface area is 146 Å². The van der Waals surface area contributed by atoms with Crippen molar-refractivity contribution in [1.29, 1.82) is 0 Å². The number of aromatic nitrogens is 1. The smallest absolute Gasteiger partial charge is 0.254 e. The number of carbonyl (C=O) groups is 2. The van der Waals surface area contributed by atoms with Gasteiger partial charge in [0.05, 0.1) is 12.1 Å². The van der Waals surface area contributed by atoms with E-state index < -0.39 is 17.8 Å². The second kappa shape index (κ2) is 7.92. The maximum atomic E-state index is 13.8. The Morgan fingerprint density at radius 2 is 2.00 bits per heavy atom. The summed E-state index contributed by atoms with van der Waals surface area (Å²) in [5.74, 6) is -1.02. The van der Waals surface area contributed by atoms with Crippen LogP contribution in [0, 0.1) is 18.7 Å². The molecule has 0 radical (unpaired) electrons. The van der Waals surface area contributed by atoms with Crippen LogP contribution in [-0.4, -0.2) is 35.0 Å². The van der Waals surface area contributed by atoms with Crippen LogP contribution < -0.4 is 5.32 Å². The lowest BCUT2D eigenvalue weighted by molar-refractivity contribution is -0.133. The Kier molecular flexibility index (Phi) is 5.90. The molecule has 0 fully saturated rings. The number of rotatable bonds is 6. The summed E-state index contributed by atoms with van der Waals surface area (Å²) in [5, 5.41) is 6.49. The molecule has 0 aliphatic carbocycles. The van der Waals surface area contributed by atoms with Crippen molar-refractivity contribution >= 4 is 11.8 Å². The number of nitrogens with one attached hydrogen (secondary N) is 1. The normalized spacial score (nSPS) is 12.1. The van der Waals surface area contributed by atoms with E-state index in [9.17, 15) is 14.0 Å². The average Bonchev–Trinajstić information content (AvgIpc) is 2.96. The van der Waals surface area contributed by atoms with Crippen molar-refractivity contribution in [2.24, 2.45) is 5.92 Å². The van der Waals surface area contributed by atoms with Gasteiger partial charge in [-0.3, -0.25) is 9.59 Å². The monoisotopic (exact) mass is 347 g/mol. The van der Waals surface area contributed by atoms with E-state index in [1.807, 2.05) is 13.8 Å². The molecule has 0 bridgehead atoms. The third kappa shape index (κ3) is 4.65. The molecule has 0 saturated heterocycles. The number of benzene rings is 1. The zero-order valence-electron chi connectivity index (χ0n) is 14.7. The quantitative estimate of drug-likeness (QED) is 0.871. The Hall–Kier alpha value is -2.70. The standard InChI is InChI=1S/C18H22FN3O3/c1-11(2)16(20-17(23)14-7-5-6-8-15(14)19)18(24)22(4)10-13-9-12(3)25-21-13/h5-9,11,16H,10H2,1-4H3,(H,20,23)/t16-/m0/s1. The highest BCUT2D eigenvalue weighted by molar-refractivity contribution is 5.97. The topological polar surface area (TPSA) is 75.4 Å². The van der Waals surface area contributed by atoms with E-state index in [1.54, 1.807) is 26.1 Å². The van der Waals surface area contributed by atoms with Crippen molar-refractivity contribution in [2.75, 3.05) is 7.05 Å². The van der Waals surface area contributed by atoms with Crippen molar-refractivity contribution in [1.82, 2.24) is 15.4 Å². The fraction of sp³-hybridized carbons (Fsp3) is 0.389. The lowest BCUT2D eigenvalue weighted by Gasteiger charge is -2.26.